The van der Waals surface area contributed by atoms with Gasteiger partial charge in [0.1, 0.15) is 0 Å². The third-order valence-corrected chi connectivity index (χ3v) is 4.85. The molecule has 0 saturated heterocycles. The number of hydrogen-bond acceptors (Lipinski definition) is 3. The molecule has 144 valence electrons. The molecule has 0 aromatic heterocycles. The van der Waals surface area contributed by atoms with Crippen LogP contribution in [0.4, 0.5) is 5.69 Å². The van der Waals surface area contributed by atoms with E-state index in [1.165, 1.54) is 0 Å². The van der Waals surface area contributed by atoms with Crippen molar-refractivity contribution < 1.29 is 14.4 Å². The zero-order valence-electron chi connectivity index (χ0n) is 16.4. The second-order valence-corrected chi connectivity index (χ2v) is 7.21. The number of fused-ring (bicyclic) bond motifs is 2. The molecule has 1 N–H and O–H groups in total. The second kappa shape index (κ2) is 8.21. The fourth-order valence-corrected chi connectivity index (χ4v) is 3.10. The number of ketones is 1. The third kappa shape index (κ3) is 4.19. The van der Waals surface area contributed by atoms with Crippen molar-refractivity contribution in [2.24, 2.45) is 5.92 Å². The molecule has 0 unspecified atom stereocenters. The first-order valence-corrected chi connectivity index (χ1v) is 9.36. The summed E-state index contributed by atoms with van der Waals surface area (Å²) in [5.41, 5.74) is 4.13. The largest absolute Gasteiger partial charge is 0.345 e. The molecule has 3 rings (SSSR count). The maximum absolute atomic E-state index is 12.4. The lowest BCUT2D eigenvalue weighted by Crippen LogP contribution is -2.32. The van der Waals surface area contributed by atoms with Gasteiger partial charge in [0.05, 0.1) is 18.8 Å². The normalized spacial score (nSPS) is 13.8. The summed E-state index contributed by atoms with van der Waals surface area (Å²) in [5, 5.41) is 2.68. The highest BCUT2D eigenvalue weighted by atomic mass is 16.2. The minimum absolute atomic E-state index is 0.00630. The van der Waals surface area contributed by atoms with E-state index in [1.54, 1.807) is 24.0 Å². The molecule has 2 aromatic carbocycles. The molecule has 2 amide bonds. The van der Waals surface area contributed by atoms with Gasteiger partial charge in [-0.3, -0.25) is 14.4 Å². The number of para-hydroxylation sites is 1. The average Bonchev–Trinajstić information content (AvgIpc) is 2.67. The fraction of sp³-hybridized carbons (Fsp3) is 0.261. The van der Waals surface area contributed by atoms with E-state index in [2.05, 4.69) is 5.32 Å². The molecule has 0 saturated carbocycles. The Balaban J connectivity index is 1.91. The van der Waals surface area contributed by atoms with Crippen LogP contribution < -0.4 is 10.2 Å². The molecule has 0 atom stereocenters. The molecule has 1 aliphatic rings. The third-order valence-electron chi connectivity index (χ3n) is 4.85. The van der Waals surface area contributed by atoms with Gasteiger partial charge in [0, 0.05) is 18.4 Å². The van der Waals surface area contributed by atoms with E-state index in [-0.39, 0.29) is 30.1 Å². The monoisotopic (exact) mass is 376 g/mol. The Bertz CT molecular complexity index is 960. The van der Waals surface area contributed by atoms with E-state index in [4.69, 9.17) is 0 Å². The fourth-order valence-electron chi connectivity index (χ4n) is 3.10. The van der Waals surface area contributed by atoms with Gasteiger partial charge in [0.15, 0.2) is 5.78 Å². The molecule has 0 aliphatic carbocycles. The molecular formula is C23H24N2O3. The standard InChI is InChI=1S/C23H24N2O3/c1-15(2)22(27)13-24-23(28)19-10-11-20-14-25(16(3)26)21-7-5-4-6-17(21)8-9-18(20)12-19/h4-12,15H,13-14H2,1-3H3,(H,24,28)/b9-8-. The van der Waals surface area contributed by atoms with Crippen LogP contribution in [0.5, 0.6) is 0 Å². The molecule has 5 nitrogen and oxygen atoms in total. The minimum atomic E-state index is -0.281. The van der Waals surface area contributed by atoms with Crippen molar-refractivity contribution in [3.63, 3.8) is 0 Å². The topological polar surface area (TPSA) is 66.5 Å². The van der Waals surface area contributed by atoms with Crippen LogP contribution >= 0.6 is 0 Å². The summed E-state index contributed by atoms with van der Waals surface area (Å²) in [5.74, 6) is -0.441. The van der Waals surface area contributed by atoms with E-state index in [1.807, 2.05) is 56.3 Å². The summed E-state index contributed by atoms with van der Waals surface area (Å²) in [7, 11) is 0. The Morgan fingerprint density at radius 1 is 1.04 bits per heavy atom. The summed E-state index contributed by atoms with van der Waals surface area (Å²) in [6.07, 6.45) is 3.91. The van der Waals surface area contributed by atoms with Gasteiger partial charge in [-0.15, -0.1) is 0 Å². The summed E-state index contributed by atoms with van der Waals surface area (Å²) in [6.45, 7) is 5.62. The van der Waals surface area contributed by atoms with Gasteiger partial charge in [-0.25, -0.2) is 0 Å². The van der Waals surface area contributed by atoms with E-state index in [0.717, 1.165) is 22.4 Å². The molecule has 5 heteroatoms. The van der Waals surface area contributed by atoms with E-state index in [0.29, 0.717) is 12.1 Å². The molecular weight excluding hydrogens is 352 g/mol. The van der Waals surface area contributed by atoms with Crippen LogP contribution in [-0.2, 0) is 16.1 Å². The van der Waals surface area contributed by atoms with Crippen molar-refractivity contribution in [3.8, 4) is 0 Å². The summed E-state index contributed by atoms with van der Waals surface area (Å²) in [4.78, 5) is 38.1. The number of benzene rings is 2. The number of hydrogen-bond donors (Lipinski definition) is 1. The van der Waals surface area contributed by atoms with Crippen molar-refractivity contribution in [2.45, 2.75) is 27.3 Å². The number of rotatable bonds is 4. The maximum Gasteiger partial charge on any atom is 0.251 e. The highest BCUT2D eigenvalue weighted by Gasteiger charge is 2.19. The quantitative estimate of drug-likeness (QED) is 0.885. The van der Waals surface area contributed by atoms with Crippen LogP contribution in [0.3, 0.4) is 0 Å². The Labute approximate surface area is 165 Å². The number of anilines is 1. The van der Waals surface area contributed by atoms with Crippen molar-refractivity contribution >= 4 is 35.4 Å². The van der Waals surface area contributed by atoms with Crippen molar-refractivity contribution in [1.82, 2.24) is 5.32 Å². The Morgan fingerprint density at radius 3 is 2.46 bits per heavy atom. The van der Waals surface area contributed by atoms with Crippen LogP contribution in [0.1, 0.15) is 47.8 Å². The van der Waals surface area contributed by atoms with Crippen molar-refractivity contribution in [2.75, 3.05) is 11.4 Å². The van der Waals surface area contributed by atoms with Crippen LogP contribution in [0.2, 0.25) is 0 Å². The molecule has 0 bridgehead atoms. The maximum atomic E-state index is 12.4. The van der Waals surface area contributed by atoms with Crippen LogP contribution in [0.25, 0.3) is 12.2 Å². The van der Waals surface area contributed by atoms with Crippen LogP contribution in [0.15, 0.2) is 42.5 Å². The van der Waals surface area contributed by atoms with Gasteiger partial charge < -0.3 is 10.2 Å². The molecule has 0 radical (unpaired) electrons. The zero-order chi connectivity index (χ0) is 20.3. The predicted molar refractivity (Wildman–Crippen MR) is 111 cm³/mol. The number of carbonyl (C=O) groups excluding carboxylic acids is 3. The number of amides is 2. The number of carbonyl (C=O) groups is 3. The highest BCUT2D eigenvalue weighted by molar-refractivity contribution is 5.99. The molecule has 0 spiro atoms. The molecule has 28 heavy (non-hydrogen) atoms. The molecule has 1 heterocycles. The first kappa shape index (κ1) is 19.5. The second-order valence-electron chi connectivity index (χ2n) is 7.21. The van der Waals surface area contributed by atoms with E-state index < -0.39 is 0 Å². The van der Waals surface area contributed by atoms with Crippen LogP contribution in [0, 0.1) is 5.92 Å². The van der Waals surface area contributed by atoms with Gasteiger partial charge in [0.25, 0.3) is 5.91 Å². The lowest BCUT2D eigenvalue weighted by Gasteiger charge is -2.26. The van der Waals surface area contributed by atoms with Crippen LogP contribution in [-0.4, -0.2) is 24.1 Å². The van der Waals surface area contributed by atoms with Gasteiger partial charge in [-0.05, 0) is 34.9 Å². The smallest absolute Gasteiger partial charge is 0.251 e. The first-order valence-electron chi connectivity index (χ1n) is 9.36. The van der Waals surface area contributed by atoms with Gasteiger partial charge >= 0.3 is 0 Å². The van der Waals surface area contributed by atoms with E-state index in [9.17, 15) is 14.4 Å². The SMILES string of the molecule is CC(=O)N1Cc2ccc(C(=O)NCC(=O)C(C)C)cc2/C=C\c2ccccc21. The lowest BCUT2D eigenvalue weighted by atomic mass is 9.98. The lowest BCUT2D eigenvalue weighted by molar-refractivity contribution is -0.121. The summed E-state index contributed by atoms with van der Waals surface area (Å²) >= 11 is 0. The Hall–Kier alpha value is -3.21. The highest BCUT2D eigenvalue weighted by Crippen LogP contribution is 2.29. The number of nitrogens with one attached hydrogen (secondary N) is 1. The van der Waals surface area contributed by atoms with Crippen molar-refractivity contribution in [1.29, 1.82) is 0 Å². The van der Waals surface area contributed by atoms with Gasteiger partial charge in [0.2, 0.25) is 5.91 Å². The first-order chi connectivity index (χ1) is 13.4. The van der Waals surface area contributed by atoms with Gasteiger partial charge in [-0.1, -0.05) is 50.3 Å². The zero-order valence-corrected chi connectivity index (χ0v) is 16.4. The van der Waals surface area contributed by atoms with E-state index >= 15 is 0 Å². The average molecular weight is 376 g/mol. The Kier molecular flexibility index (Phi) is 5.73. The summed E-state index contributed by atoms with van der Waals surface area (Å²) in [6, 6.07) is 13.1. The van der Waals surface area contributed by atoms with Crippen molar-refractivity contribution in [3.05, 3.63) is 64.7 Å². The Morgan fingerprint density at radius 2 is 1.75 bits per heavy atom. The summed E-state index contributed by atoms with van der Waals surface area (Å²) < 4.78 is 0. The minimum Gasteiger partial charge on any atom is -0.345 e. The predicted octanol–water partition coefficient (Wildman–Crippen LogP) is 3.68. The molecule has 1 aliphatic heterocycles. The molecule has 0 fully saturated rings. The number of Topliss-reactive ketones (excluding diaryl/α,β-unsaturated/α-hetero) is 1. The molecule has 2 aromatic rings. The van der Waals surface area contributed by atoms with Gasteiger partial charge in [-0.2, -0.15) is 0 Å². The number of nitrogens with zero attached hydrogens (tertiary/aromatic N) is 1.